The highest BCUT2D eigenvalue weighted by atomic mass is 32.1. The third kappa shape index (κ3) is 4.94. The molecule has 0 saturated heterocycles. The van der Waals surface area contributed by atoms with Gasteiger partial charge >= 0.3 is 0 Å². The summed E-state index contributed by atoms with van der Waals surface area (Å²) >= 11 is 5.48. The number of nitrogens with zero attached hydrogens (tertiary/aromatic N) is 1. The second-order valence-electron chi connectivity index (χ2n) is 6.30. The molecule has 25 heavy (non-hydrogen) atoms. The van der Waals surface area contributed by atoms with E-state index in [1.165, 1.54) is 11.1 Å². The van der Waals surface area contributed by atoms with E-state index in [4.69, 9.17) is 17.0 Å². The summed E-state index contributed by atoms with van der Waals surface area (Å²) < 4.78 is 5.50. The minimum Gasteiger partial charge on any atom is -0.496 e. The van der Waals surface area contributed by atoms with Gasteiger partial charge < -0.3 is 20.3 Å². The van der Waals surface area contributed by atoms with Gasteiger partial charge in [-0.15, -0.1) is 0 Å². The number of benzene rings is 2. The van der Waals surface area contributed by atoms with Crippen molar-refractivity contribution in [2.75, 3.05) is 33.1 Å². The molecular formula is C20H27N3OS. The van der Waals surface area contributed by atoms with Crippen LogP contribution in [-0.4, -0.2) is 37.8 Å². The number of anilines is 1. The van der Waals surface area contributed by atoms with E-state index < -0.39 is 0 Å². The van der Waals surface area contributed by atoms with Crippen LogP contribution in [0.3, 0.4) is 0 Å². The first-order chi connectivity index (χ1) is 11.9. The lowest BCUT2D eigenvalue weighted by Crippen LogP contribution is -2.37. The highest BCUT2D eigenvalue weighted by Crippen LogP contribution is 2.27. The summed E-state index contributed by atoms with van der Waals surface area (Å²) in [5, 5.41) is 7.25. The van der Waals surface area contributed by atoms with Crippen molar-refractivity contribution in [2.45, 2.75) is 19.9 Å². The minimum atomic E-state index is 0.148. The van der Waals surface area contributed by atoms with E-state index in [1.54, 1.807) is 7.11 Å². The molecule has 0 aliphatic carbocycles. The van der Waals surface area contributed by atoms with Crippen LogP contribution >= 0.6 is 12.2 Å². The van der Waals surface area contributed by atoms with E-state index in [2.05, 4.69) is 55.6 Å². The average molecular weight is 358 g/mol. The summed E-state index contributed by atoms with van der Waals surface area (Å²) in [4.78, 5) is 2.16. The first-order valence-corrected chi connectivity index (χ1v) is 8.75. The Hall–Kier alpha value is -2.11. The Balaban J connectivity index is 2.06. The molecule has 134 valence electrons. The molecule has 4 nitrogen and oxygen atoms in total. The smallest absolute Gasteiger partial charge is 0.170 e. The van der Waals surface area contributed by atoms with Gasteiger partial charge in [-0.2, -0.15) is 0 Å². The van der Waals surface area contributed by atoms with Gasteiger partial charge in [0.15, 0.2) is 5.11 Å². The molecule has 0 amide bonds. The maximum atomic E-state index is 5.50. The van der Waals surface area contributed by atoms with E-state index in [0.717, 1.165) is 17.0 Å². The van der Waals surface area contributed by atoms with Gasteiger partial charge in [0.2, 0.25) is 0 Å². The fraction of sp³-hybridized carbons (Fsp3) is 0.350. The molecule has 0 aromatic heterocycles. The Morgan fingerprint density at radius 3 is 2.52 bits per heavy atom. The van der Waals surface area contributed by atoms with Gasteiger partial charge in [0, 0.05) is 17.8 Å². The molecule has 0 aliphatic heterocycles. The number of hydrogen-bond acceptors (Lipinski definition) is 3. The van der Waals surface area contributed by atoms with Gasteiger partial charge in [-0.3, -0.25) is 0 Å². The number of methoxy groups -OCH3 is 1. The number of likely N-dealkylation sites (N-methyl/N-ethyl adjacent to an activating group) is 1. The number of ether oxygens (including phenoxy) is 1. The normalized spacial score (nSPS) is 11.9. The predicted molar refractivity (Wildman–Crippen MR) is 110 cm³/mol. The summed E-state index contributed by atoms with van der Waals surface area (Å²) in [6.07, 6.45) is 0. The van der Waals surface area contributed by atoms with E-state index in [0.29, 0.717) is 11.7 Å². The molecule has 0 bridgehead atoms. The zero-order chi connectivity index (χ0) is 18.4. The summed E-state index contributed by atoms with van der Waals surface area (Å²) in [5.74, 6) is 0.886. The van der Waals surface area contributed by atoms with Gasteiger partial charge in [0.05, 0.1) is 13.2 Å². The molecule has 0 spiro atoms. The van der Waals surface area contributed by atoms with Crippen LogP contribution in [0.5, 0.6) is 5.75 Å². The number of aryl methyl sites for hydroxylation is 1. The Bertz CT molecular complexity index is 731. The Morgan fingerprint density at radius 2 is 1.84 bits per heavy atom. The number of hydrogen-bond donors (Lipinski definition) is 2. The molecule has 5 heteroatoms. The topological polar surface area (TPSA) is 36.5 Å². The molecule has 1 atom stereocenters. The number of rotatable bonds is 6. The zero-order valence-corrected chi connectivity index (χ0v) is 16.4. The molecule has 1 unspecified atom stereocenters. The van der Waals surface area contributed by atoms with Crippen molar-refractivity contribution in [1.29, 1.82) is 0 Å². The number of nitrogens with one attached hydrogen (secondary N) is 2. The second kappa shape index (κ2) is 8.83. The molecular weight excluding hydrogens is 330 g/mol. The fourth-order valence-electron chi connectivity index (χ4n) is 2.75. The first-order valence-electron chi connectivity index (χ1n) is 8.34. The quantitative estimate of drug-likeness (QED) is 0.767. The van der Waals surface area contributed by atoms with Crippen molar-refractivity contribution < 1.29 is 4.74 Å². The van der Waals surface area contributed by atoms with Crippen LogP contribution in [0.25, 0.3) is 0 Å². The molecule has 0 fully saturated rings. The summed E-state index contributed by atoms with van der Waals surface area (Å²) in [7, 11) is 5.81. The molecule has 2 aromatic rings. The van der Waals surface area contributed by atoms with E-state index >= 15 is 0 Å². The average Bonchev–Trinajstić information content (AvgIpc) is 2.59. The minimum absolute atomic E-state index is 0.148. The van der Waals surface area contributed by atoms with Crippen LogP contribution in [0.4, 0.5) is 5.69 Å². The van der Waals surface area contributed by atoms with Crippen molar-refractivity contribution in [3.05, 3.63) is 59.2 Å². The van der Waals surface area contributed by atoms with Gasteiger partial charge in [-0.1, -0.05) is 30.3 Å². The molecule has 0 radical (unpaired) electrons. The van der Waals surface area contributed by atoms with Crippen LogP contribution in [0.1, 0.15) is 22.7 Å². The summed E-state index contributed by atoms with van der Waals surface area (Å²) in [5.41, 5.74) is 4.63. The molecule has 2 N–H and O–H groups in total. The number of para-hydroxylation sites is 1. The van der Waals surface area contributed by atoms with Crippen molar-refractivity contribution in [2.24, 2.45) is 0 Å². The van der Waals surface area contributed by atoms with E-state index in [9.17, 15) is 0 Å². The highest BCUT2D eigenvalue weighted by molar-refractivity contribution is 7.80. The highest BCUT2D eigenvalue weighted by Gasteiger charge is 2.18. The third-order valence-electron chi connectivity index (χ3n) is 4.43. The van der Waals surface area contributed by atoms with Gasteiger partial charge in [-0.25, -0.2) is 0 Å². The van der Waals surface area contributed by atoms with Crippen molar-refractivity contribution in [3.8, 4) is 5.75 Å². The Kier molecular flexibility index (Phi) is 6.79. The molecule has 0 heterocycles. The van der Waals surface area contributed by atoms with Crippen LogP contribution in [0.2, 0.25) is 0 Å². The Labute approximate surface area is 156 Å². The lowest BCUT2D eigenvalue weighted by atomic mass is 10.0. The van der Waals surface area contributed by atoms with Crippen LogP contribution in [0.15, 0.2) is 42.5 Å². The van der Waals surface area contributed by atoms with Crippen molar-refractivity contribution in [1.82, 2.24) is 10.2 Å². The predicted octanol–water partition coefficient (Wildman–Crippen LogP) is 3.90. The third-order valence-corrected chi connectivity index (χ3v) is 4.68. The Morgan fingerprint density at radius 1 is 1.12 bits per heavy atom. The monoisotopic (exact) mass is 357 g/mol. The van der Waals surface area contributed by atoms with Gasteiger partial charge in [-0.05, 0) is 63.4 Å². The summed E-state index contributed by atoms with van der Waals surface area (Å²) in [6, 6.07) is 14.4. The van der Waals surface area contributed by atoms with Crippen LogP contribution in [-0.2, 0) is 0 Å². The van der Waals surface area contributed by atoms with Crippen molar-refractivity contribution >= 4 is 23.0 Å². The number of thiocarbonyl (C=S) groups is 1. The van der Waals surface area contributed by atoms with Crippen LogP contribution in [0, 0.1) is 13.8 Å². The molecule has 0 saturated carbocycles. The maximum absolute atomic E-state index is 5.50. The SMILES string of the molecule is COc1ccccc1C(CNC(=S)Nc1cccc(C)c1C)N(C)C. The first kappa shape index (κ1) is 19.2. The molecule has 2 rings (SSSR count). The molecule has 2 aromatic carbocycles. The second-order valence-corrected chi connectivity index (χ2v) is 6.71. The van der Waals surface area contributed by atoms with Crippen LogP contribution < -0.4 is 15.4 Å². The van der Waals surface area contributed by atoms with E-state index in [-0.39, 0.29) is 6.04 Å². The maximum Gasteiger partial charge on any atom is 0.170 e. The largest absolute Gasteiger partial charge is 0.496 e. The van der Waals surface area contributed by atoms with Gasteiger partial charge in [0.25, 0.3) is 0 Å². The molecule has 0 aliphatic rings. The summed E-state index contributed by atoms with van der Waals surface area (Å²) in [6.45, 7) is 4.88. The lowest BCUT2D eigenvalue weighted by molar-refractivity contribution is 0.288. The van der Waals surface area contributed by atoms with E-state index in [1.807, 2.05) is 30.3 Å². The standard InChI is InChI=1S/C20H27N3OS/c1-14-9-8-11-17(15(14)2)22-20(25)21-13-18(23(3)4)16-10-6-7-12-19(16)24-5/h6-12,18H,13H2,1-5H3,(H2,21,22,25). The van der Waals surface area contributed by atoms with Gasteiger partial charge in [0.1, 0.15) is 5.75 Å². The lowest BCUT2D eigenvalue weighted by Gasteiger charge is -2.27. The zero-order valence-electron chi connectivity index (χ0n) is 15.6. The fourth-order valence-corrected chi connectivity index (χ4v) is 2.95. The van der Waals surface area contributed by atoms with Crippen molar-refractivity contribution in [3.63, 3.8) is 0 Å².